The highest BCUT2D eigenvalue weighted by Gasteiger charge is 2.34. The van der Waals surface area contributed by atoms with Gasteiger partial charge in [0.05, 0.1) is 6.54 Å². The molecular formula is C10H16N2O. The maximum absolute atomic E-state index is 11.2. The first-order valence-corrected chi connectivity index (χ1v) is 4.94. The van der Waals surface area contributed by atoms with E-state index in [0.717, 1.165) is 6.42 Å². The molecular weight excluding hydrogens is 164 g/mol. The molecule has 2 aliphatic heterocycles. The summed E-state index contributed by atoms with van der Waals surface area (Å²) in [4.78, 5) is 13.5. The molecule has 2 heterocycles. The first-order chi connectivity index (χ1) is 6.31. The van der Waals surface area contributed by atoms with Gasteiger partial charge in [0.1, 0.15) is 0 Å². The number of amides is 1. The van der Waals surface area contributed by atoms with Crippen molar-refractivity contribution in [2.24, 2.45) is 0 Å². The fourth-order valence-corrected chi connectivity index (χ4v) is 2.31. The molecule has 1 fully saturated rings. The van der Waals surface area contributed by atoms with Crippen molar-refractivity contribution in [3.05, 3.63) is 12.2 Å². The van der Waals surface area contributed by atoms with E-state index in [0.29, 0.717) is 18.6 Å². The maximum atomic E-state index is 11.2. The van der Waals surface area contributed by atoms with E-state index < -0.39 is 0 Å². The van der Waals surface area contributed by atoms with E-state index in [1.165, 1.54) is 12.8 Å². The number of hydrogen-bond donors (Lipinski definition) is 1. The summed E-state index contributed by atoms with van der Waals surface area (Å²) in [7, 11) is 1.70. The van der Waals surface area contributed by atoms with Gasteiger partial charge in [-0.3, -0.25) is 9.69 Å². The number of carbonyl (C=O) groups excluding carboxylic acids is 1. The van der Waals surface area contributed by atoms with Gasteiger partial charge in [-0.2, -0.15) is 0 Å². The summed E-state index contributed by atoms with van der Waals surface area (Å²) in [6, 6.07) is 1.14. The second-order valence-corrected chi connectivity index (χ2v) is 3.81. The van der Waals surface area contributed by atoms with Crippen molar-refractivity contribution in [2.75, 3.05) is 13.6 Å². The molecule has 3 heteroatoms. The minimum absolute atomic E-state index is 0.132. The summed E-state index contributed by atoms with van der Waals surface area (Å²) in [6.07, 6.45) is 8.08. The third-order valence-corrected chi connectivity index (χ3v) is 3.06. The molecule has 0 saturated carbocycles. The van der Waals surface area contributed by atoms with Crippen LogP contribution >= 0.6 is 0 Å². The van der Waals surface area contributed by atoms with Gasteiger partial charge in [0, 0.05) is 19.1 Å². The molecule has 1 N–H and O–H groups in total. The molecule has 0 aromatic rings. The van der Waals surface area contributed by atoms with E-state index in [-0.39, 0.29) is 5.91 Å². The summed E-state index contributed by atoms with van der Waals surface area (Å²) in [5, 5.41) is 2.68. The van der Waals surface area contributed by atoms with Gasteiger partial charge in [-0.1, -0.05) is 12.2 Å². The number of rotatable bonds is 2. The zero-order chi connectivity index (χ0) is 9.26. The molecule has 0 aromatic carbocycles. The van der Waals surface area contributed by atoms with Crippen LogP contribution in [0.1, 0.15) is 19.3 Å². The minimum Gasteiger partial charge on any atom is -0.358 e. The SMILES string of the molecule is CNC(=O)CN1C2C=CCC1CC2. The number of fused-ring (bicyclic) bond motifs is 2. The van der Waals surface area contributed by atoms with Gasteiger partial charge < -0.3 is 5.32 Å². The lowest BCUT2D eigenvalue weighted by atomic mass is 10.1. The smallest absolute Gasteiger partial charge is 0.233 e. The van der Waals surface area contributed by atoms with Crippen LogP contribution < -0.4 is 5.32 Å². The summed E-state index contributed by atoms with van der Waals surface area (Å²) in [5.74, 6) is 0.132. The third-order valence-electron chi connectivity index (χ3n) is 3.06. The zero-order valence-electron chi connectivity index (χ0n) is 7.99. The molecule has 0 spiro atoms. The highest BCUT2D eigenvalue weighted by atomic mass is 16.1. The van der Waals surface area contributed by atoms with Crippen molar-refractivity contribution in [2.45, 2.75) is 31.3 Å². The Balaban J connectivity index is 2.00. The first-order valence-electron chi connectivity index (χ1n) is 4.94. The van der Waals surface area contributed by atoms with Crippen LogP contribution in [0.2, 0.25) is 0 Å². The lowest BCUT2D eigenvalue weighted by molar-refractivity contribution is -0.122. The molecule has 2 aliphatic rings. The molecule has 2 bridgehead atoms. The number of likely N-dealkylation sites (N-methyl/N-ethyl adjacent to an activating group) is 1. The summed E-state index contributed by atoms with van der Waals surface area (Å²) >= 11 is 0. The lowest BCUT2D eigenvalue weighted by Gasteiger charge is -2.30. The van der Waals surface area contributed by atoms with Crippen molar-refractivity contribution in [1.82, 2.24) is 10.2 Å². The molecule has 1 amide bonds. The van der Waals surface area contributed by atoms with E-state index in [2.05, 4.69) is 22.4 Å². The Morgan fingerprint density at radius 3 is 3.15 bits per heavy atom. The standard InChI is InChI=1S/C10H16N2O/c1-11-10(13)7-12-8-3-2-4-9(12)6-5-8/h2-3,8-9H,4-7H2,1H3,(H,11,13). The molecule has 0 aromatic heterocycles. The molecule has 13 heavy (non-hydrogen) atoms. The normalized spacial score (nSPS) is 32.1. The summed E-state index contributed by atoms with van der Waals surface area (Å²) < 4.78 is 0. The average molecular weight is 180 g/mol. The van der Waals surface area contributed by atoms with Crippen LogP contribution in [0.4, 0.5) is 0 Å². The average Bonchev–Trinajstić information content (AvgIpc) is 2.41. The summed E-state index contributed by atoms with van der Waals surface area (Å²) in [5.41, 5.74) is 0. The Hall–Kier alpha value is -0.830. The largest absolute Gasteiger partial charge is 0.358 e. The quantitative estimate of drug-likeness (QED) is 0.628. The van der Waals surface area contributed by atoms with Crippen LogP contribution in [0.5, 0.6) is 0 Å². The second-order valence-electron chi connectivity index (χ2n) is 3.81. The van der Waals surface area contributed by atoms with Crippen molar-refractivity contribution < 1.29 is 4.79 Å². The Labute approximate surface area is 78.8 Å². The molecule has 2 atom stereocenters. The van der Waals surface area contributed by atoms with Crippen molar-refractivity contribution in [3.63, 3.8) is 0 Å². The Kier molecular flexibility index (Phi) is 2.36. The predicted octanol–water partition coefficient (Wildman–Crippen LogP) is 0.525. The van der Waals surface area contributed by atoms with Crippen LogP contribution in [0.15, 0.2) is 12.2 Å². The van der Waals surface area contributed by atoms with E-state index >= 15 is 0 Å². The van der Waals surface area contributed by atoms with Gasteiger partial charge in [-0.25, -0.2) is 0 Å². The van der Waals surface area contributed by atoms with Gasteiger partial charge in [0.25, 0.3) is 0 Å². The Bertz CT molecular complexity index is 237. The minimum atomic E-state index is 0.132. The van der Waals surface area contributed by atoms with Gasteiger partial charge >= 0.3 is 0 Å². The lowest BCUT2D eigenvalue weighted by Crippen LogP contribution is -2.43. The molecule has 2 unspecified atom stereocenters. The highest BCUT2D eigenvalue weighted by molar-refractivity contribution is 5.77. The van der Waals surface area contributed by atoms with Crippen molar-refractivity contribution in [3.8, 4) is 0 Å². The second kappa shape index (κ2) is 3.50. The monoisotopic (exact) mass is 180 g/mol. The highest BCUT2D eigenvalue weighted by Crippen LogP contribution is 2.30. The van der Waals surface area contributed by atoms with Crippen LogP contribution in [-0.2, 0) is 4.79 Å². The zero-order valence-corrected chi connectivity index (χ0v) is 7.99. The van der Waals surface area contributed by atoms with E-state index in [1.54, 1.807) is 7.05 Å². The fourth-order valence-electron chi connectivity index (χ4n) is 2.31. The van der Waals surface area contributed by atoms with Crippen LogP contribution in [0.25, 0.3) is 0 Å². The maximum Gasteiger partial charge on any atom is 0.233 e. The molecule has 0 aliphatic carbocycles. The molecule has 0 radical (unpaired) electrons. The third kappa shape index (κ3) is 1.61. The summed E-state index contributed by atoms with van der Waals surface area (Å²) in [6.45, 7) is 0.566. The Morgan fingerprint density at radius 1 is 1.62 bits per heavy atom. The van der Waals surface area contributed by atoms with Crippen LogP contribution in [0, 0.1) is 0 Å². The van der Waals surface area contributed by atoms with E-state index in [9.17, 15) is 4.79 Å². The van der Waals surface area contributed by atoms with Gasteiger partial charge in [-0.05, 0) is 19.3 Å². The molecule has 2 rings (SSSR count). The van der Waals surface area contributed by atoms with Crippen LogP contribution in [-0.4, -0.2) is 36.5 Å². The number of carbonyl (C=O) groups is 1. The molecule has 1 saturated heterocycles. The van der Waals surface area contributed by atoms with Crippen molar-refractivity contribution in [1.29, 1.82) is 0 Å². The van der Waals surface area contributed by atoms with Gasteiger partial charge in [0.15, 0.2) is 0 Å². The first kappa shape index (κ1) is 8.75. The van der Waals surface area contributed by atoms with Crippen LogP contribution in [0.3, 0.4) is 0 Å². The van der Waals surface area contributed by atoms with Gasteiger partial charge in [-0.15, -0.1) is 0 Å². The number of nitrogens with one attached hydrogen (secondary N) is 1. The van der Waals surface area contributed by atoms with Crippen molar-refractivity contribution >= 4 is 5.91 Å². The number of nitrogens with zero attached hydrogens (tertiary/aromatic N) is 1. The van der Waals surface area contributed by atoms with E-state index in [4.69, 9.17) is 0 Å². The molecule has 3 nitrogen and oxygen atoms in total. The topological polar surface area (TPSA) is 32.3 Å². The fraction of sp³-hybridized carbons (Fsp3) is 0.700. The molecule has 72 valence electrons. The Morgan fingerprint density at radius 2 is 2.46 bits per heavy atom. The number of hydrogen-bond acceptors (Lipinski definition) is 2. The van der Waals surface area contributed by atoms with E-state index in [1.807, 2.05) is 0 Å². The predicted molar refractivity (Wildman–Crippen MR) is 51.3 cm³/mol. The van der Waals surface area contributed by atoms with Gasteiger partial charge in [0.2, 0.25) is 5.91 Å².